The lowest BCUT2D eigenvalue weighted by atomic mass is 10.0. The van der Waals surface area contributed by atoms with Crippen molar-refractivity contribution < 1.29 is 9.53 Å². The number of aryl methyl sites for hydroxylation is 1. The number of hydrogen-bond acceptors (Lipinski definition) is 7. The van der Waals surface area contributed by atoms with E-state index in [9.17, 15) is 4.79 Å². The van der Waals surface area contributed by atoms with Crippen LogP contribution in [0.1, 0.15) is 32.4 Å². The number of aromatic nitrogens is 5. The van der Waals surface area contributed by atoms with Crippen LogP contribution in [-0.4, -0.2) is 67.2 Å². The van der Waals surface area contributed by atoms with Crippen LogP contribution in [0.2, 0.25) is 0 Å². The van der Waals surface area contributed by atoms with Crippen molar-refractivity contribution in [3.63, 3.8) is 0 Å². The summed E-state index contributed by atoms with van der Waals surface area (Å²) in [6.45, 7) is 7.98. The lowest BCUT2D eigenvalue weighted by Crippen LogP contribution is -2.39. The molecule has 3 aromatic rings. The van der Waals surface area contributed by atoms with E-state index in [2.05, 4.69) is 31.4 Å². The van der Waals surface area contributed by atoms with E-state index in [1.807, 2.05) is 34.0 Å². The zero-order chi connectivity index (χ0) is 22.3. The normalized spacial score (nSPS) is 17.7. The molecule has 1 atom stereocenters. The number of nitrogens with two attached hydrogens (primary N) is 1. The minimum atomic E-state index is -0.551. The Balaban J connectivity index is 1.72. The van der Waals surface area contributed by atoms with Gasteiger partial charge >= 0.3 is 6.09 Å². The van der Waals surface area contributed by atoms with Crippen molar-refractivity contribution >= 4 is 33.5 Å². The van der Waals surface area contributed by atoms with Gasteiger partial charge in [-0.2, -0.15) is 14.7 Å². The first-order valence-corrected chi connectivity index (χ1v) is 10.9. The number of ether oxygens (including phenoxy) is 1. The summed E-state index contributed by atoms with van der Waals surface area (Å²) in [6.07, 6.45) is 5.10. The number of amides is 1. The number of nitrogens with zero attached hydrogens (tertiary/aromatic N) is 6. The third kappa shape index (κ3) is 4.38. The smallest absolute Gasteiger partial charge is 0.410 e. The number of carbonyl (C=O) groups is 1. The number of hydrogen-bond donors (Lipinski definition) is 2. The molecule has 0 bridgehead atoms. The van der Waals surface area contributed by atoms with Crippen molar-refractivity contribution in [1.29, 1.82) is 0 Å². The Bertz CT molecular complexity index is 1120. The van der Waals surface area contributed by atoms with E-state index in [1.54, 1.807) is 26.5 Å². The summed E-state index contributed by atoms with van der Waals surface area (Å²) in [5, 5.41) is 12.1. The second kappa shape index (κ2) is 8.12. The molecule has 4 rings (SSSR count). The Labute approximate surface area is 188 Å². The van der Waals surface area contributed by atoms with Gasteiger partial charge in [0.25, 0.3) is 0 Å². The Morgan fingerprint density at radius 3 is 2.77 bits per heavy atom. The Morgan fingerprint density at radius 1 is 1.32 bits per heavy atom. The quantitative estimate of drug-likeness (QED) is 0.566. The fourth-order valence-corrected chi connectivity index (χ4v) is 4.22. The van der Waals surface area contributed by atoms with E-state index in [-0.39, 0.29) is 12.0 Å². The first-order chi connectivity index (χ1) is 14.6. The maximum absolute atomic E-state index is 12.7. The van der Waals surface area contributed by atoms with E-state index < -0.39 is 5.60 Å². The average molecular weight is 491 g/mol. The van der Waals surface area contributed by atoms with E-state index in [0.717, 1.165) is 16.8 Å². The Hall–Kier alpha value is -2.66. The van der Waals surface area contributed by atoms with Crippen molar-refractivity contribution in [2.24, 2.45) is 7.05 Å². The van der Waals surface area contributed by atoms with E-state index in [4.69, 9.17) is 15.5 Å². The molecule has 0 aromatic carbocycles. The van der Waals surface area contributed by atoms with Gasteiger partial charge in [0, 0.05) is 56.5 Å². The van der Waals surface area contributed by atoms with Gasteiger partial charge < -0.3 is 20.7 Å². The van der Waals surface area contributed by atoms with Gasteiger partial charge in [-0.3, -0.25) is 4.68 Å². The lowest BCUT2D eigenvalue weighted by Gasteiger charge is -2.28. The van der Waals surface area contributed by atoms with Crippen molar-refractivity contribution in [3.8, 4) is 11.1 Å². The molecule has 0 saturated carbocycles. The van der Waals surface area contributed by atoms with Gasteiger partial charge in [-0.1, -0.05) is 0 Å². The minimum Gasteiger partial charge on any atom is -0.444 e. The number of rotatable bonds is 2. The van der Waals surface area contributed by atoms with Crippen LogP contribution in [0.3, 0.4) is 0 Å². The third-order valence-electron chi connectivity index (χ3n) is 5.09. The topological polar surface area (TPSA) is 116 Å². The molecule has 11 heteroatoms. The van der Waals surface area contributed by atoms with Crippen LogP contribution >= 0.6 is 15.9 Å². The summed E-state index contributed by atoms with van der Waals surface area (Å²) < 4.78 is 9.62. The van der Waals surface area contributed by atoms with Crippen LogP contribution in [0.4, 0.5) is 10.6 Å². The second-order valence-electron chi connectivity index (χ2n) is 8.72. The molecule has 1 unspecified atom stereocenters. The molecule has 1 fully saturated rings. The second-order valence-corrected chi connectivity index (χ2v) is 9.51. The van der Waals surface area contributed by atoms with Gasteiger partial charge in [-0.15, -0.1) is 0 Å². The summed E-state index contributed by atoms with van der Waals surface area (Å²) in [4.78, 5) is 19.4. The van der Waals surface area contributed by atoms with E-state index >= 15 is 0 Å². The molecule has 3 aromatic heterocycles. The minimum absolute atomic E-state index is 0.0756. The maximum Gasteiger partial charge on any atom is 0.410 e. The highest BCUT2D eigenvalue weighted by Gasteiger charge is 2.30. The Morgan fingerprint density at radius 2 is 2.10 bits per heavy atom. The Kier molecular flexibility index (Phi) is 5.65. The van der Waals surface area contributed by atoms with Crippen molar-refractivity contribution in [2.45, 2.75) is 32.3 Å². The van der Waals surface area contributed by atoms with E-state index in [0.29, 0.717) is 42.1 Å². The molecule has 0 radical (unpaired) electrons. The van der Waals surface area contributed by atoms with Crippen molar-refractivity contribution in [2.75, 3.05) is 31.9 Å². The van der Waals surface area contributed by atoms with Crippen molar-refractivity contribution in [1.82, 2.24) is 34.6 Å². The summed E-state index contributed by atoms with van der Waals surface area (Å²) in [7, 11) is 1.86. The van der Waals surface area contributed by atoms with Gasteiger partial charge in [0.2, 0.25) is 0 Å². The molecule has 1 aliphatic heterocycles. The third-order valence-corrected chi connectivity index (χ3v) is 5.90. The highest BCUT2D eigenvalue weighted by Crippen LogP contribution is 2.33. The first kappa shape index (κ1) is 21.6. The molecule has 166 valence electrons. The summed E-state index contributed by atoms with van der Waals surface area (Å²) in [5.74, 6) is 0.386. The first-order valence-electron chi connectivity index (χ1n) is 10.1. The van der Waals surface area contributed by atoms with Crippen LogP contribution < -0.4 is 11.1 Å². The van der Waals surface area contributed by atoms with Gasteiger partial charge in [0.05, 0.1) is 22.6 Å². The average Bonchev–Trinajstić information content (AvgIpc) is 3.21. The van der Waals surface area contributed by atoms with Crippen LogP contribution in [-0.2, 0) is 11.8 Å². The number of nitrogen functional groups attached to an aromatic ring is 1. The largest absolute Gasteiger partial charge is 0.444 e. The monoisotopic (exact) mass is 490 g/mol. The molecule has 3 N–H and O–H groups in total. The fourth-order valence-electron chi connectivity index (χ4n) is 3.64. The standard InChI is InChI=1S/C20H27BrN8O2/c1-20(2,3)31-19(30)28-6-5-23-7-13(11-28)16-15(21)17(22)29-18(26-16)14(9-25-29)12-8-24-27(4)10-12/h8-10,13,23H,5-7,11,22H2,1-4H3. The fraction of sp³-hybridized carbons (Fsp3) is 0.500. The zero-order valence-electron chi connectivity index (χ0n) is 18.1. The molecule has 1 aliphatic rings. The highest BCUT2D eigenvalue weighted by atomic mass is 79.9. The zero-order valence-corrected chi connectivity index (χ0v) is 19.7. The number of carbonyl (C=O) groups excluding carboxylic acids is 1. The van der Waals surface area contributed by atoms with E-state index in [1.165, 1.54) is 0 Å². The predicted molar refractivity (Wildman–Crippen MR) is 121 cm³/mol. The number of fused-ring (bicyclic) bond motifs is 1. The molecular weight excluding hydrogens is 464 g/mol. The van der Waals surface area contributed by atoms with Crippen molar-refractivity contribution in [3.05, 3.63) is 28.8 Å². The van der Waals surface area contributed by atoms with Gasteiger partial charge in [0.1, 0.15) is 11.4 Å². The van der Waals surface area contributed by atoms with Crippen LogP contribution in [0.5, 0.6) is 0 Å². The van der Waals surface area contributed by atoms with Gasteiger partial charge in [-0.25, -0.2) is 9.78 Å². The molecule has 1 saturated heterocycles. The molecule has 31 heavy (non-hydrogen) atoms. The lowest BCUT2D eigenvalue weighted by molar-refractivity contribution is 0.0254. The molecule has 4 heterocycles. The van der Waals surface area contributed by atoms with Gasteiger partial charge in [-0.05, 0) is 36.7 Å². The summed E-state index contributed by atoms with van der Waals surface area (Å²) in [5.41, 5.74) is 9.04. The highest BCUT2D eigenvalue weighted by molar-refractivity contribution is 9.10. The SMILES string of the molecule is Cn1cc(-c2cnn3c(N)c(Br)c(C4CNCCN(C(=O)OC(C)(C)C)C4)nc23)cn1. The molecular formula is C20H27BrN8O2. The molecule has 0 spiro atoms. The predicted octanol–water partition coefficient (Wildman–Crippen LogP) is 2.40. The van der Waals surface area contributed by atoms with Crippen LogP contribution in [0.15, 0.2) is 23.1 Å². The summed E-state index contributed by atoms with van der Waals surface area (Å²) >= 11 is 3.61. The summed E-state index contributed by atoms with van der Waals surface area (Å²) in [6, 6.07) is 0. The number of halogens is 1. The molecule has 0 aliphatic carbocycles. The molecule has 1 amide bonds. The van der Waals surface area contributed by atoms with Crippen LogP contribution in [0.25, 0.3) is 16.8 Å². The van der Waals surface area contributed by atoms with Crippen LogP contribution in [0, 0.1) is 0 Å². The number of nitrogens with one attached hydrogen (secondary N) is 1. The van der Waals surface area contributed by atoms with Gasteiger partial charge in [0.15, 0.2) is 5.65 Å². The maximum atomic E-state index is 12.7. The molecule has 10 nitrogen and oxygen atoms in total. The number of anilines is 1.